The summed E-state index contributed by atoms with van der Waals surface area (Å²) in [5, 5.41) is 10.5. The van der Waals surface area contributed by atoms with Gasteiger partial charge in [-0.15, -0.1) is 0 Å². The number of aryl methyl sites for hydroxylation is 1. The fraction of sp³-hybridized carbons (Fsp3) is 0.0625. The van der Waals surface area contributed by atoms with Crippen LogP contribution in [0.25, 0.3) is 38.4 Å². The lowest BCUT2D eigenvalue weighted by Gasteiger charge is -2.26. The number of aromatic nitrogens is 2. The average molecular weight is 720 g/mol. The molecule has 0 amide bonds. The number of anilines is 3. The number of hydrogen-bond donors (Lipinski definition) is 4. The summed E-state index contributed by atoms with van der Waals surface area (Å²) in [6.07, 6.45) is 0. The first-order valence-corrected chi connectivity index (χ1v) is 18.3. The Bertz CT molecular complexity index is 2630. The molecule has 2 heterocycles. The second-order valence-electron chi connectivity index (χ2n) is 13.2. The molecule has 0 saturated carbocycles. The van der Waals surface area contributed by atoms with E-state index < -0.39 is 0 Å². The molecule has 0 bridgehead atoms. The van der Waals surface area contributed by atoms with E-state index in [0.29, 0.717) is 19.0 Å². The molecular weight excluding hydrogens is 675 g/mol. The van der Waals surface area contributed by atoms with E-state index >= 15 is 0 Å². The van der Waals surface area contributed by atoms with Crippen molar-refractivity contribution < 1.29 is 0 Å². The number of hydrogen-bond acceptors (Lipinski definition) is 4. The summed E-state index contributed by atoms with van der Waals surface area (Å²) in [7, 11) is 0. The molecule has 0 atom stereocenters. The second-order valence-corrected chi connectivity index (χ2v) is 13.2. The average Bonchev–Trinajstić information content (AvgIpc) is 3.73. The third kappa shape index (κ3) is 7.69. The van der Waals surface area contributed by atoms with E-state index in [2.05, 4.69) is 148 Å². The molecule has 7 N–H and O–H groups in total. The van der Waals surface area contributed by atoms with Crippen LogP contribution in [0, 0.1) is 12.3 Å². The molecule has 9 aromatic rings. The number of rotatable bonds is 7. The minimum Gasteiger partial charge on any atom is -0.384 e. The highest BCUT2D eigenvalue weighted by Gasteiger charge is 2.26. The Hall–Kier alpha value is -7.09. The fourth-order valence-electron chi connectivity index (χ4n) is 7.06. The van der Waals surface area contributed by atoms with E-state index in [4.69, 9.17) is 22.6 Å². The quantitative estimate of drug-likeness (QED) is 0.0969. The Balaban J connectivity index is 0.000000240. The summed E-state index contributed by atoms with van der Waals surface area (Å²) >= 11 is 0. The van der Waals surface area contributed by atoms with Gasteiger partial charge in [-0.1, -0.05) is 157 Å². The van der Waals surface area contributed by atoms with E-state index in [0.717, 1.165) is 44.6 Å². The first-order chi connectivity index (χ1) is 27.0. The number of nitrogen functional groups attached to an aromatic ring is 2. The van der Waals surface area contributed by atoms with Gasteiger partial charge in [0, 0.05) is 34.3 Å². The lowest BCUT2D eigenvalue weighted by Crippen LogP contribution is -2.18. The van der Waals surface area contributed by atoms with E-state index in [-0.39, 0.29) is 5.84 Å². The summed E-state index contributed by atoms with van der Waals surface area (Å²) in [4.78, 5) is 2.34. The van der Waals surface area contributed by atoms with Gasteiger partial charge in [0.05, 0.1) is 34.3 Å². The van der Waals surface area contributed by atoms with Gasteiger partial charge in [-0.05, 0) is 48.9 Å². The van der Waals surface area contributed by atoms with Gasteiger partial charge in [-0.25, -0.2) is 0 Å². The predicted octanol–water partition coefficient (Wildman–Crippen LogP) is 10.5. The lowest BCUT2D eigenvalue weighted by molar-refractivity contribution is 0.792. The zero-order valence-electron chi connectivity index (χ0n) is 30.9. The van der Waals surface area contributed by atoms with E-state index in [9.17, 15) is 0 Å². The maximum absolute atomic E-state index is 7.20. The molecule has 0 aliphatic heterocycles. The molecule has 0 fully saturated rings. The highest BCUT2D eigenvalue weighted by molar-refractivity contribution is 6.23. The van der Waals surface area contributed by atoms with E-state index in [1.807, 2.05) is 60.7 Å². The summed E-state index contributed by atoms with van der Waals surface area (Å²) in [6, 6.07) is 63.7. The summed E-state index contributed by atoms with van der Waals surface area (Å²) in [5.41, 5.74) is 28.5. The molecule has 0 aliphatic carbocycles. The van der Waals surface area contributed by atoms with Crippen LogP contribution in [0.1, 0.15) is 16.7 Å². The molecule has 7 aromatic carbocycles. The molecule has 9 rings (SSSR count). The molecule has 0 aliphatic rings. The highest BCUT2D eigenvalue weighted by atomic mass is 15.2. The Labute approximate surface area is 322 Å². The van der Waals surface area contributed by atoms with Crippen molar-refractivity contribution in [1.29, 1.82) is 5.41 Å². The van der Waals surface area contributed by atoms with Crippen LogP contribution < -0.4 is 22.1 Å². The van der Waals surface area contributed by atoms with Crippen LogP contribution in [-0.2, 0) is 13.2 Å². The van der Waals surface area contributed by atoms with Crippen molar-refractivity contribution in [1.82, 2.24) is 9.13 Å². The van der Waals surface area contributed by atoms with E-state index in [1.54, 1.807) is 0 Å². The summed E-state index contributed by atoms with van der Waals surface area (Å²) in [6.45, 7) is 3.12. The third-order valence-corrected chi connectivity index (χ3v) is 9.62. The maximum Gasteiger partial charge on any atom is 0.133 e. The molecule has 55 heavy (non-hydrogen) atoms. The number of fused-ring (bicyclic) bond motifs is 5. The normalized spacial score (nSPS) is 10.7. The Kier molecular flexibility index (Phi) is 11.0. The van der Waals surface area contributed by atoms with Crippen molar-refractivity contribution in [2.75, 3.05) is 10.6 Å². The highest BCUT2D eigenvalue weighted by Crippen LogP contribution is 2.47. The van der Waals surface area contributed by atoms with Crippen molar-refractivity contribution in [3.8, 4) is 5.69 Å². The van der Waals surface area contributed by atoms with Crippen LogP contribution >= 0.6 is 0 Å². The topological polar surface area (TPSA) is 115 Å². The molecule has 0 saturated heterocycles. The first kappa shape index (κ1) is 36.3. The Morgan fingerprint density at radius 1 is 0.600 bits per heavy atom. The van der Waals surface area contributed by atoms with Crippen LogP contribution in [0.5, 0.6) is 0 Å². The monoisotopic (exact) mass is 719 g/mol. The van der Waals surface area contributed by atoms with E-state index in [1.165, 1.54) is 21.9 Å². The number of nitrogens with zero attached hydrogens (tertiary/aromatic N) is 3. The number of benzene rings is 7. The van der Waals surface area contributed by atoms with Gasteiger partial charge in [0.2, 0.25) is 0 Å². The Morgan fingerprint density at radius 2 is 1.15 bits per heavy atom. The van der Waals surface area contributed by atoms with Crippen molar-refractivity contribution in [3.05, 3.63) is 205 Å². The lowest BCUT2D eigenvalue weighted by atomic mass is 10.1. The van der Waals surface area contributed by atoms with Gasteiger partial charge in [0.15, 0.2) is 0 Å². The summed E-state index contributed by atoms with van der Waals surface area (Å²) in [5.74, 6) is 0.813. The van der Waals surface area contributed by atoms with Gasteiger partial charge in [-0.2, -0.15) is 0 Å². The molecule has 0 spiro atoms. The van der Waals surface area contributed by atoms with Crippen LogP contribution in [0.2, 0.25) is 0 Å². The first-order valence-electron chi connectivity index (χ1n) is 18.3. The molecule has 7 heteroatoms. The van der Waals surface area contributed by atoms with Crippen LogP contribution in [0.3, 0.4) is 0 Å². The smallest absolute Gasteiger partial charge is 0.133 e. The molecule has 0 unspecified atom stereocenters. The van der Waals surface area contributed by atoms with Gasteiger partial charge < -0.3 is 26.7 Å². The zero-order chi connectivity index (χ0) is 38.1. The minimum atomic E-state index is 0.121. The van der Waals surface area contributed by atoms with Crippen LogP contribution in [-0.4, -0.2) is 15.0 Å². The number of amidine groups is 1. The second kappa shape index (κ2) is 16.7. The zero-order valence-corrected chi connectivity index (χ0v) is 30.9. The van der Waals surface area contributed by atoms with Crippen LogP contribution in [0.4, 0.5) is 17.2 Å². The molecule has 0 radical (unpaired) electrons. The van der Waals surface area contributed by atoms with Crippen molar-refractivity contribution >= 4 is 55.7 Å². The van der Waals surface area contributed by atoms with Gasteiger partial charge in [0.1, 0.15) is 11.7 Å². The maximum atomic E-state index is 7.20. The molecule has 272 valence electrons. The molecule has 2 aromatic heterocycles. The molecule has 7 nitrogen and oxygen atoms in total. The standard InChI is InChI=1S/C34H29N5.C7H8N2.C7H8/c35-23-38-29-19-11-10-18-27(29)28-20-21-30-31(32(28)38)33(34(36)39(30)26-16-8-3-9-17-26)37(25-14-6-2-7-15-25)22-24-12-4-1-5-13-24;8-7(9)6-4-2-1-3-5-6;1-7-5-3-2-4-6-7/h1-21H,22-23,35-36H2;1-5H,(H3,8,9);2-6H,1H3. The minimum absolute atomic E-state index is 0.121. The molecular formula is C48H45N7. The number of nitrogens with two attached hydrogens (primary N) is 3. The number of para-hydroxylation sites is 3. The largest absolute Gasteiger partial charge is 0.384 e. The van der Waals surface area contributed by atoms with Crippen LogP contribution in [0.15, 0.2) is 188 Å². The SMILES string of the molecule is Cc1ccccc1.N=C(N)c1ccccc1.NCn1c2ccccc2c2ccc3c(c(N(Cc4ccccc4)c4ccccc4)c(N)n3-c3ccccc3)c21. The van der Waals surface area contributed by atoms with Crippen molar-refractivity contribution in [2.45, 2.75) is 20.1 Å². The van der Waals surface area contributed by atoms with Gasteiger partial charge in [0.25, 0.3) is 0 Å². The number of nitrogens with one attached hydrogen (secondary N) is 1. The van der Waals surface area contributed by atoms with Gasteiger partial charge in [-0.3, -0.25) is 9.98 Å². The van der Waals surface area contributed by atoms with Crippen molar-refractivity contribution in [3.63, 3.8) is 0 Å². The third-order valence-electron chi connectivity index (χ3n) is 9.62. The fourth-order valence-corrected chi connectivity index (χ4v) is 7.06. The van der Waals surface area contributed by atoms with Gasteiger partial charge >= 0.3 is 0 Å². The predicted molar refractivity (Wildman–Crippen MR) is 232 cm³/mol. The Morgan fingerprint density at radius 3 is 1.71 bits per heavy atom. The summed E-state index contributed by atoms with van der Waals surface area (Å²) < 4.78 is 4.39. The van der Waals surface area contributed by atoms with Crippen molar-refractivity contribution in [2.24, 2.45) is 11.5 Å².